The van der Waals surface area contributed by atoms with Crippen LogP contribution in [0.3, 0.4) is 0 Å². The summed E-state index contributed by atoms with van der Waals surface area (Å²) >= 11 is 0. The van der Waals surface area contributed by atoms with Crippen LogP contribution in [0.25, 0.3) is 0 Å². The number of anilines is 1. The number of benzene rings is 1. The van der Waals surface area contributed by atoms with Crippen LogP contribution >= 0.6 is 0 Å². The number of ether oxygens (including phenoxy) is 1. The Hall–Kier alpha value is -3.01. The lowest BCUT2D eigenvalue weighted by Gasteiger charge is -2.59. The van der Waals surface area contributed by atoms with Crippen LogP contribution < -0.4 is 15.0 Å². The van der Waals surface area contributed by atoms with E-state index in [-0.39, 0.29) is 29.9 Å². The molecule has 10 heteroatoms. The van der Waals surface area contributed by atoms with E-state index in [2.05, 4.69) is 49.2 Å². The van der Waals surface area contributed by atoms with Crippen LogP contribution in [0.15, 0.2) is 42.7 Å². The molecule has 2 aromatic rings. The summed E-state index contributed by atoms with van der Waals surface area (Å²) in [5, 5.41) is 3.25. The molecule has 0 bridgehead atoms. The fraction of sp³-hybridized carbons (Fsp3) is 0.560. The van der Waals surface area contributed by atoms with Crippen molar-refractivity contribution in [3.05, 3.63) is 48.3 Å². The minimum Gasteiger partial charge on any atom is -0.432 e. The van der Waals surface area contributed by atoms with Gasteiger partial charge in [0.2, 0.25) is 5.95 Å². The van der Waals surface area contributed by atoms with Gasteiger partial charge in [-0.25, -0.2) is 14.8 Å². The monoisotopic (exact) mass is 486 g/mol. The predicted octanol–water partition coefficient (Wildman–Crippen LogP) is 3.35. The topological polar surface area (TPSA) is 73.8 Å². The zero-order valence-electron chi connectivity index (χ0n) is 20.1. The highest BCUT2D eigenvalue weighted by Gasteiger charge is 2.52. The molecule has 3 heterocycles. The van der Waals surface area contributed by atoms with E-state index < -0.39 is 6.61 Å². The average Bonchev–Trinajstić information content (AvgIpc) is 2.76. The van der Waals surface area contributed by atoms with E-state index in [1.807, 2.05) is 29.7 Å². The van der Waals surface area contributed by atoms with Gasteiger partial charge in [-0.15, -0.1) is 0 Å². The number of amides is 2. The number of rotatable bonds is 6. The first-order valence-corrected chi connectivity index (χ1v) is 12.2. The van der Waals surface area contributed by atoms with Gasteiger partial charge in [0.05, 0.1) is 12.4 Å². The zero-order chi connectivity index (χ0) is 24.6. The largest absolute Gasteiger partial charge is 0.432 e. The van der Waals surface area contributed by atoms with Crippen molar-refractivity contribution in [1.29, 1.82) is 0 Å². The number of alkyl halides is 2. The molecule has 8 nitrogen and oxygen atoms in total. The lowest BCUT2D eigenvalue weighted by atomic mass is 9.60. The normalized spacial score (nSPS) is 24.3. The lowest BCUT2D eigenvalue weighted by Crippen LogP contribution is -2.68. The molecule has 1 aromatic heterocycles. The summed E-state index contributed by atoms with van der Waals surface area (Å²) in [6.07, 6.45) is 4.56. The number of nitrogens with one attached hydrogen (secondary N) is 1. The molecule has 3 aliphatic rings. The van der Waals surface area contributed by atoms with E-state index in [1.54, 1.807) is 0 Å². The summed E-state index contributed by atoms with van der Waals surface area (Å²) < 4.78 is 29.0. The predicted molar refractivity (Wildman–Crippen MR) is 127 cm³/mol. The van der Waals surface area contributed by atoms with E-state index in [9.17, 15) is 13.6 Å². The molecule has 188 valence electrons. The van der Waals surface area contributed by atoms with Gasteiger partial charge in [-0.1, -0.05) is 30.3 Å². The third-order valence-corrected chi connectivity index (χ3v) is 7.33. The van der Waals surface area contributed by atoms with Crippen molar-refractivity contribution in [1.82, 2.24) is 25.1 Å². The van der Waals surface area contributed by atoms with Crippen molar-refractivity contribution in [2.45, 2.75) is 58.0 Å². The van der Waals surface area contributed by atoms with E-state index in [1.165, 1.54) is 18.0 Å². The van der Waals surface area contributed by atoms with E-state index in [4.69, 9.17) is 0 Å². The molecule has 1 spiro atoms. The molecule has 3 fully saturated rings. The summed E-state index contributed by atoms with van der Waals surface area (Å²) in [5.74, 6) is 0.368. The van der Waals surface area contributed by atoms with Crippen LogP contribution in [0.2, 0.25) is 0 Å². The molecule has 2 amide bonds. The number of hydrogen-bond donors (Lipinski definition) is 1. The van der Waals surface area contributed by atoms with Crippen molar-refractivity contribution >= 4 is 12.0 Å². The van der Waals surface area contributed by atoms with E-state index in [0.29, 0.717) is 24.5 Å². The van der Waals surface area contributed by atoms with E-state index >= 15 is 0 Å². The van der Waals surface area contributed by atoms with Gasteiger partial charge in [0, 0.05) is 50.8 Å². The number of halogens is 2. The molecule has 2 atom stereocenters. The van der Waals surface area contributed by atoms with Gasteiger partial charge >= 0.3 is 12.6 Å². The molecule has 1 aromatic carbocycles. The Morgan fingerprint density at radius 1 is 1.11 bits per heavy atom. The molecular weight excluding hydrogens is 454 g/mol. The fourth-order valence-corrected chi connectivity index (χ4v) is 5.97. The third-order valence-electron chi connectivity index (χ3n) is 7.33. The maximum Gasteiger partial charge on any atom is 0.387 e. The highest BCUT2D eigenvalue weighted by atomic mass is 19.3. The minimum absolute atomic E-state index is 0.0217. The molecule has 35 heavy (non-hydrogen) atoms. The summed E-state index contributed by atoms with van der Waals surface area (Å²) in [6.45, 7) is 5.42. The Balaban J connectivity index is 1.08. The molecule has 0 radical (unpaired) electrons. The van der Waals surface area contributed by atoms with Gasteiger partial charge in [0.1, 0.15) is 0 Å². The standard InChI is InChI=1S/C25H32F2N6O2/c1-17-12-32(23-28-10-21(11-29-23)35-22(26)27)13-18(2)33(17)24(34)30-20-8-25(9-20)15-31(16-25)14-19-6-4-3-5-7-19/h3-7,10-11,17-18,20,22H,8-9,12-16H2,1-2H3,(H,30,34)/t17-,18+. The van der Waals surface area contributed by atoms with Crippen LogP contribution in [0.4, 0.5) is 19.5 Å². The summed E-state index contributed by atoms with van der Waals surface area (Å²) in [7, 11) is 0. The van der Waals surface area contributed by atoms with Gasteiger partial charge in [-0.2, -0.15) is 8.78 Å². The lowest BCUT2D eigenvalue weighted by molar-refractivity contribution is -0.0812. The molecule has 1 saturated carbocycles. The number of nitrogens with zero attached hydrogens (tertiary/aromatic N) is 5. The second kappa shape index (κ2) is 9.56. The Kier molecular flexibility index (Phi) is 6.48. The number of piperazine rings is 1. The maximum atomic E-state index is 13.1. The number of carbonyl (C=O) groups is 1. The van der Waals surface area contributed by atoms with Gasteiger partial charge < -0.3 is 19.9 Å². The van der Waals surface area contributed by atoms with E-state index in [0.717, 1.165) is 32.5 Å². The molecule has 5 rings (SSSR count). The summed E-state index contributed by atoms with van der Waals surface area (Å²) in [5.41, 5.74) is 1.71. The van der Waals surface area contributed by atoms with Gasteiger partial charge in [0.15, 0.2) is 5.75 Å². The Morgan fingerprint density at radius 3 is 2.34 bits per heavy atom. The molecular formula is C25H32F2N6O2. The molecule has 0 unspecified atom stereocenters. The van der Waals surface area contributed by atoms with Crippen LogP contribution in [-0.4, -0.2) is 76.7 Å². The first kappa shape index (κ1) is 23.7. The number of hydrogen-bond acceptors (Lipinski definition) is 6. The molecule has 2 aliphatic heterocycles. The number of likely N-dealkylation sites (tertiary alicyclic amines) is 1. The van der Waals surface area contributed by atoms with Crippen molar-refractivity contribution in [3.63, 3.8) is 0 Å². The quantitative estimate of drug-likeness (QED) is 0.675. The number of carbonyl (C=O) groups excluding carboxylic acids is 1. The fourth-order valence-electron chi connectivity index (χ4n) is 5.97. The van der Waals surface area contributed by atoms with Crippen molar-refractivity contribution in [3.8, 4) is 5.75 Å². The Bertz CT molecular complexity index is 998. The van der Waals surface area contributed by atoms with Crippen LogP contribution in [0.5, 0.6) is 5.75 Å². The second-order valence-electron chi connectivity index (χ2n) is 10.3. The van der Waals surface area contributed by atoms with Crippen LogP contribution in [-0.2, 0) is 6.54 Å². The highest BCUT2D eigenvalue weighted by molar-refractivity contribution is 5.76. The van der Waals surface area contributed by atoms with Crippen LogP contribution in [0.1, 0.15) is 32.3 Å². The molecule has 2 saturated heterocycles. The number of urea groups is 1. The van der Waals surface area contributed by atoms with Gasteiger partial charge in [-0.3, -0.25) is 4.90 Å². The zero-order valence-corrected chi connectivity index (χ0v) is 20.1. The molecule has 1 N–H and O–H groups in total. The first-order chi connectivity index (χ1) is 16.8. The second-order valence-corrected chi connectivity index (χ2v) is 10.3. The first-order valence-electron chi connectivity index (χ1n) is 12.2. The highest BCUT2D eigenvalue weighted by Crippen LogP contribution is 2.48. The Labute approximate surface area is 204 Å². The van der Waals surface area contributed by atoms with Crippen molar-refractivity contribution in [2.24, 2.45) is 5.41 Å². The van der Waals surface area contributed by atoms with Gasteiger partial charge in [-0.05, 0) is 37.7 Å². The summed E-state index contributed by atoms with van der Waals surface area (Å²) in [4.78, 5) is 27.8. The van der Waals surface area contributed by atoms with Crippen molar-refractivity contribution in [2.75, 3.05) is 31.1 Å². The summed E-state index contributed by atoms with van der Waals surface area (Å²) in [6, 6.07) is 10.7. The van der Waals surface area contributed by atoms with Gasteiger partial charge in [0.25, 0.3) is 0 Å². The number of aromatic nitrogens is 2. The minimum atomic E-state index is -2.91. The molecule has 1 aliphatic carbocycles. The third kappa shape index (κ3) is 5.17. The Morgan fingerprint density at radius 2 is 1.74 bits per heavy atom. The average molecular weight is 487 g/mol. The maximum absolute atomic E-state index is 13.1. The smallest absolute Gasteiger partial charge is 0.387 e. The van der Waals surface area contributed by atoms with Crippen molar-refractivity contribution < 1.29 is 18.3 Å². The SMILES string of the molecule is C[C@@H]1CN(c2ncc(OC(F)F)cn2)C[C@H](C)N1C(=O)NC1CC2(C1)CN(Cc1ccccc1)C2. The van der Waals surface area contributed by atoms with Crippen LogP contribution in [0, 0.1) is 5.41 Å².